The number of carbonyl (C=O) groups excluding carboxylic acids is 1. The first-order valence-electron chi connectivity index (χ1n) is 9.37. The van der Waals surface area contributed by atoms with Crippen LogP contribution in [0.15, 0.2) is 47.4 Å². The van der Waals surface area contributed by atoms with Crippen LogP contribution in [0.4, 0.5) is 11.5 Å². The lowest BCUT2D eigenvalue weighted by Gasteiger charge is -2.29. The molecule has 4 rings (SSSR count). The summed E-state index contributed by atoms with van der Waals surface area (Å²) >= 11 is 0. The summed E-state index contributed by atoms with van der Waals surface area (Å²) in [6.45, 7) is 3.30. The highest BCUT2D eigenvalue weighted by atomic mass is 16.5. The number of carbonyl (C=O) groups is 1. The molecule has 8 nitrogen and oxygen atoms in total. The van der Waals surface area contributed by atoms with Crippen LogP contribution in [0.25, 0.3) is 10.9 Å². The van der Waals surface area contributed by atoms with E-state index in [9.17, 15) is 9.59 Å². The van der Waals surface area contributed by atoms with E-state index in [1.807, 2.05) is 19.2 Å². The fourth-order valence-corrected chi connectivity index (χ4v) is 3.51. The molecular formula is C20H23N5O3. The van der Waals surface area contributed by atoms with Gasteiger partial charge in [-0.05, 0) is 18.2 Å². The molecule has 3 heterocycles. The van der Waals surface area contributed by atoms with E-state index < -0.39 is 0 Å². The van der Waals surface area contributed by atoms with Gasteiger partial charge >= 0.3 is 0 Å². The molecule has 1 amide bonds. The molecular weight excluding hydrogens is 358 g/mol. The molecule has 0 aliphatic carbocycles. The summed E-state index contributed by atoms with van der Waals surface area (Å²) in [5.74, 6) is 0.373. The van der Waals surface area contributed by atoms with Crippen molar-refractivity contribution in [3.05, 3.63) is 52.9 Å². The van der Waals surface area contributed by atoms with E-state index in [1.54, 1.807) is 23.0 Å². The Bertz CT molecular complexity index is 1050. The van der Waals surface area contributed by atoms with Crippen molar-refractivity contribution in [3.8, 4) is 0 Å². The zero-order valence-electron chi connectivity index (χ0n) is 15.8. The molecule has 1 saturated heterocycles. The monoisotopic (exact) mass is 381 g/mol. The quantitative estimate of drug-likeness (QED) is 0.726. The number of aromatic nitrogens is 3. The predicted molar refractivity (Wildman–Crippen MR) is 108 cm³/mol. The Morgan fingerprint density at radius 3 is 2.79 bits per heavy atom. The molecule has 1 aliphatic heterocycles. The number of aryl methyl sites for hydroxylation is 2. The number of hydrogen-bond acceptors (Lipinski definition) is 5. The Hall–Kier alpha value is -3.13. The summed E-state index contributed by atoms with van der Waals surface area (Å²) in [6.07, 6.45) is 1.88. The van der Waals surface area contributed by atoms with Gasteiger partial charge in [0.2, 0.25) is 5.91 Å². The van der Waals surface area contributed by atoms with Crippen LogP contribution in [0.1, 0.15) is 6.42 Å². The number of benzene rings is 1. The Balaban J connectivity index is 1.57. The summed E-state index contributed by atoms with van der Waals surface area (Å²) in [5, 5.41) is 8.37. The Morgan fingerprint density at radius 2 is 2.00 bits per heavy atom. The average molecular weight is 381 g/mol. The van der Waals surface area contributed by atoms with Gasteiger partial charge in [0, 0.05) is 45.4 Å². The van der Waals surface area contributed by atoms with Crippen molar-refractivity contribution in [2.45, 2.75) is 13.0 Å². The third-order valence-electron chi connectivity index (χ3n) is 4.94. The average Bonchev–Trinajstić information content (AvgIpc) is 3.03. The fourth-order valence-electron chi connectivity index (χ4n) is 3.51. The smallest absolute Gasteiger partial charge is 0.250 e. The van der Waals surface area contributed by atoms with E-state index in [4.69, 9.17) is 4.74 Å². The summed E-state index contributed by atoms with van der Waals surface area (Å²) in [7, 11) is 1.87. The van der Waals surface area contributed by atoms with Gasteiger partial charge in [-0.3, -0.25) is 14.3 Å². The van der Waals surface area contributed by atoms with Crippen LogP contribution in [0, 0.1) is 0 Å². The molecule has 28 heavy (non-hydrogen) atoms. The van der Waals surface area contributed by atoms with Crippen molar-refractivity contribution in [2.75, 3.05) is 36.5 Å². The number of nitrogens with zero attached hydrogens (tertiary/aromatic N) is 4. The van der Waals surface area contributed by atoms with Gasteiger partial charge in [-0.1, -0.05) is 12.1 Å². The maximum absolute atomic E-state index is 12.5. The van der Waals surface area contributed by atoms with Gasteiger partial charge in [0.1, 0.15) is 0 Å². The summed E-state index contributed by atoms with van der Waals surface area (Å²) in [5.41, 5.74) is 1.88. The van der Waals surface area contributed by atoms with Gasteiger partial charge in [-0.2, -0.15) is 5.10 Å². The number of amides is 1. The first-order valence-corrected chi connectivity index (χ1v) is 9.37. The maximum Gasteiger partial charge on any atom is 0.250 e. The Morgan fingerprint density at radius 1 is 1.18 bits per heavy atom. The highest BCUT2D eigenvalue weighted by Crippen LogP contribution is 2.33. The number of morpholine rings is 1. The van der Waals surface area contributed by atoms with Gasteiger partial charge in [0.15, 0.2) is 5.82 Å². The number of rotatable bonds is 5. The van der Waals surface area contributed by atoms with Crippen LogP contribution in [-0.2, 0) is 23.1 Å². The standard InChI is InChI=1S/C20H23N5O3/c1-23-15-5-4-6-16(24-11-13-28-14-12-24)19(15)20(22-23)21-17(26)8-10-25-9-3-2-7-18(25)27/h2-7,9H,8,10-14H2,1H3,(H,21,22,26). The number of hydrogen-bond donors (Lipinski definition) is 1. The second kappa shape index (κ2) is 7.85. The first-order chi connectivity index (χ1) is 13.6. The van der Waals surface area contributed by atoms with E-state index in [0.717, 1.165) is 29.7 Å². The number of pyridine rings is 1. The van der Waals surface area contributed by atoms with Gasteiger partial charge in [-0.25, -0.2) is 0 Å². The van der Waals surface area contributed by atoms with Crippen LogP contribution < -0.4 is 15.8 Å². The van der Waals surface area contributed by atoms with Crippen molar-refractivity contribution in [3.63, 3.8) is 0 Å². The van der Waals surface area contributed by atoms with E-state index >= 15 is 0 Å². The Kier molecular flexibility index (Phi) is 5.12. The van der Waals surface area contributed by atoms with Gasteiger partial charge in [0.25, 0.3) is 5.56 Å². The molecule has 2 aromatic heterocycles. The van der Waals surface area contributed by atoms with E-state index in [-0.39, 0.29) is 17.9 Å². The third-order valence-corrected chi connectivity index (χ3v) is 4.94. The largest absolute Gasteiger partial charge is 0.378 e. The predicted octanol–water partition coefficient (Wildman–Crippen LogP) is 1.60. The minimum atomic E-state index is -0.174. The van der Waals surface area contributed by atoms with Gasteiger partial charge in [-0.15, -0.1) is 0 Å². The van der Waals surface area contributed by atoms with Crippen molar-refractivity contribution < 1.29 is 9.53 Å². The maximum atomic E-state index is 12.5. The van der Waals surface area contributed by atoms with Crippen molar-refractivity contribution in [1.29, 1.82) is 0 Å². The zero-order chi connectivity index (χ0) is 19.5. The van der Waals surface area contributed by atoms with Crippen LogP contribution in [0.2, 0.25) is 0 Å². The lowest BCUT2D eigenvalue weighted by molar-refractivity contribution is -0.116. The zero-order valence-corrected chi connectivity index (χ0v) is 15.8. The van der Waals surface area contributed by atoms with Crippen LogP contribution >= 0.6 is 0 Å². The normalized spacial score (nSPS) is 14.4. The van der Waals surface area contributed by atoms with E-state index in [0.29, 0.717) is 25.6 Å². The number of ether oxygens (including phenoxy) is 1. The highest BCUT2D eigenvalue weighted by molar-refractivity contribution is 6.06. The minimum absolute atomic E-state index is 0.117. The second-order valence-corrected chi connectivity index (χ2v) is 6.77. The van der Waals surface area contributed by atoms with E-state index in [1.165, 1.54) is 10.6 Å². The van der Waals surface area contributed by atoms with Crippen LogP contribution in [0.3, 0.4) is 0 Å². The fraction of sp³-hybridized carbons (Fsp3) is 0.350. The molecule has 1 aromatic carbocycles. The molecule has 1 fully saturated rings. The SMILES string of the molecule is Cn1nc(NC(=O)CCn2ccccc2=O)c2c(N3CCOCC3)cccc21. The van der Waals surface area contributed by atoms with Crippen molar-refractivity contribution >= 4 is 28.3 Å². The summed E-state index contributed by atoms with van der Waals surface area (Å²) < 4.78 is 8.75. The van der Waals surface area contributed by atoms with Crippen LogP contribution in [-0.4, -0.2) is 46.6 Å². The lowest BCUT2D eigenvalue weighted by Crippen LogP contribution is -2.36. The van der Waals surface area contributed by atoms with Gasteiger partial charge in [0.05, 0.1) is 29.8 Å². The first kappa shape index (κ1) is 18.2. The minimum Gasteiger partial charge on any atom is -0.378 e. The van der Waals surface area contributed by atoms with Crippen molar-refractivity contribution in [1.82, 2.24) is 14.3 Å². The molecule has 8 heteroatoms. The molecule has 0 saturated carbocycles. The molecule has 146 valence electrons. The second-order valence-electron chi connectivity index (χ2n) is 6.77. The van der Waals surface area contributed by atoms with E-state index in [2.05, 4.69) is 21.4 Å². The lowest BCUT2D eigenvalue weighted by atomic mass is 10.1. The summed E-state index contributed by atoms with van der Waals surface area (Å²) in [4.78, 5) is 26.6. The molecule has 1 N–H and O–H groups in total. The van der Waals surface area contributed by atoms with Gasteiger partial charge < -0.3 is 19.5 Å². The molecule has 0 spiro atoms. The number of anilines is 2. The molecule has 0 unspecified atom stereocenters. The number of nitrogens with one attached hydrogen (secondary N) is 1. The molecule has 0 bridgehead atoms. The molecule has 0 atom stereocenters. The summed E-state index contributed by atoms with van der Waals surface area (Å²) in [6, 6.07) is 11.0. The Labute approximate surface area is 162 Å². The van der Waals surface area contributed by atoms with Crippen LogP contribution in [0.5, 0.6) is 0 Å². The molecule has 3 aromatic rings. The molecule has 0 radical (unpaired) electrons. The van der Waals surface area contributed by atoms with Crippen molar-refractivity contribution in [2.24, 2.45) is 7.05 Å². The number of fused-ring (bicyclic) bond motifs is 1. The topological polar surface area (TPSA) is 81.4 Å². The third kappa shape index (κ3) is 3.63. The highest BCUT2D eigenvalue weighted by Gasteiger charge is 2.20. The molecule has 1 aliphatic rings.